The van der Waals surface area contributed by atoms with E-state index in [0.717, 1.165) is 37.3 Å². The molecule has 0 unspecified atom stereocenters. The second-order valence-corrected chi connectivity index (χ2v) is 6.47. The maximum atomic E-state index is 12.6. The van der Waals surface area contributed by atoms with E-state index in [1.54, 1.807) is 0 Å². The molecule has 124 valence electrons. The van der Waals surface area contributed by atoms with Crippen LogP contribution in [-0.4, -0.2) is 53.4 Å². The van der Waals surface area contributed by atoms with Crippen LogP contribution in [0.25, 0.3) is 10.9 Å². The van der Waals surface area contributed by atoms with Gasteiger partial charge in [-0.1, -0.05) is 38.0 Å². The van der Waals surface area contributed by atoms with E-state index < -0.39 is 0 Å². The van der Waals surface area contributed by atoms with E-state index in [9.17, 15) is 4.79 Å². The van der Waals surface area contributed by atoms with Crippen LogP contribution in [0.4, 0.5) is 0 Å². The van der Waals surface area contributed by atoms with Crippen LogP contribution in [0, 0.1) is 0 Å². The first-order valence-electron chi connectivity index (χ1n) is 8.83. The molecule has 1 aromatic heterocycles. The third-order valence-corrected chi connectivity index (χ3v) is 4.82. The van der Waals surface area contributed by atoms with Crippen molar-refractivity contribution < 1.29 is 4.79 Å². The van der Waals surface area contributed by atoms with E-state index in [4.69, 9.17) is 0 Å². The predicted octanol–water partition coefficient (Wildman–Crippen LogP) is 3.04. The zero-order chi connectivity index (χ0) is 16.1. The maximum Gasteiger partial charge on any atom is 0.227 e. The Morgan fingerprint density at radius 1 is 1.13 bits per heavy atom. The summed E-state index contributed by atoms with van der Waals surface area (Å²) >= 11 is 0. The molecule has 2 heterocycles. The van der Waals surface area contributed by atoms with Gasteiger partial charge in [0.2, 0.25) is 5.91 Å². The Morgan fingerprint density at radius 3 is 2.70 bits per heavy atom. The Kier molecular flexibility index (Phi) is 5.34. The van der Waals surface area contributed by atoms with Gasteiger partial charge in [0.25, 0.3) is 0 Å². The molecule has 1 aromatic carbocycles. The number of fused-ring (bicyclic) bond motifs is 1. The Bertz CT molecular complexity index is 641. The third-order valence-electron chi connectivity index (χ3n) is 4.82. The topological polar surface area (TPSA) is 39.3 Å². The quantitative estimate of drug-likeness (QED) is 0.833. The Morgan fingerprint density at radius 2 is 1.91 bits per heavy atom. The third kappa shape index (κ3) is 3.94. The van der Waals surface area contributed by atoms with Crippen molar-refractivity contribution in [2.45, 2.75) is 32.6 Å². The lowest BCUT2D eigenvalue weighted by molar-refractivity contribution is -0.132. The standard InChI is InChI=1S/C19H27N3O/c1-2-3-6-9-21-10-12-22(13-11-21)19(23)14-16-15-20-18-8-5-4-7-17(16)18/h4-5,7-8,15,20H,2-3,6,9-14H2,1H3. The molecule has 1 amide bonds. The summed E-state index contributed by atoms with van der Waals surface area (Å²) in [6.45, 7) is 7.19. The van der Waals surface area contributed by atoms with Gasteiger partial charge in [-0.15, -0.1) is 0 Å². The number of amides is 1. The molecule has 0 atom stereocenters. The van der Waals surface area contributed by atoms with Crippen LogP contribution in [0.2, 0.25) is 0 Å². The van der Waals surface area contributed by atoms with Crippen LogP contribution in [0.1, 0.15) is 31.7 Å². The summed E-state index contributed by atoms with van der Waals surface area (Å²) in [6.07, 6.45) is 6.33. The highest BCUT2D eigenvalue weighted by molar-refractivity contribution is 5.88. The molecule has 1 aliphatic heterocycles. The van der Waals surface area contributed by atoms with Crippen molar-refractivity contribution >= 4 is 16.8 Å². The fourth-order valence-electron chi connectivity index (χ4n) is 3.36. The number of carbonyl (C=O) groups excluding carboxylic acids is 1. The van der Waals surface area contributed by atoms with E-state index in [0.29, 0.717) is 6.42 Å². The molecule has 2 aromatic rings. The second-order valence-electron chi connectivity index (χ2n) is 6.47. The lowest BCUT2D eigenvalue weighted by Crippen LogP contribution is -2.49. The molecule has 4 nitrogen and oxygen atoms in total. The van der Waals surface area contributed by atoms with E-state index in [2.05, 4.69) is 28.9 Å². The number of aromatic amines is 1. The Balaban J connectivity index is 1.52. The SMILES string of the molecule is CCCCCN1CCN(C(=O)Cc2c[nH]c3ccccc23)CC1. The average molecular weight is 313 g/mol. The van der Waals surface area contributed by atoms with Crippen molar-refractivity contribution in [2.24, 2.45) is 0 Å². The summed E-state index contributed by atoms with van der Waals surface area (Å²) in [5.74, 6) is 0.253. The van der Waals surface area contributed by atoms with Crippen molar-refractivity contribution in [1.29, 1.82) is 0 Å². The highest BCUT2D eigenvalue weighted by Crippen LogP contribution is 2.19. The largest absolute Gasteiger partial charge is 0.361 e. The average Bonchev–Trinajstić information content (AvgIpc) is 2.99. The molecule has 1 N–H and O–H groups in total. The van der Waals surface area contributed by atoms with Gasteiger partial charge in [-0.05, 0) is 24.6 Å². The molecule has 0 bridgehead atoms. The van der Waals surface area contributed by atoms with Crippen LogP contribution in [0.15, 0.2) is 30.5 Å². The van der Waals surface area contributed by atoms with E-state index >= 15 is 0 Å². The first-order chi connectivity index (χ1) is 11.3. The zero-order valence-electron chi connectivity index (χ0n) is 14.1. The number of hydrogen-bond acceptors (Lipinski definition) is 2. The van der Waals surface area contributed by atoms with Gasteiger partial charge in [-0.25, -0.2) is 0 Å². The molecule has 23 heavy (non-hydrogen) atoms. The normalized spacial score (nSPS) is 16.1. The van der Waals surface area contributed by atoms with Crippen LogP contribution in [0.5, 0.6) is 0 Å². The number of hydrogen-bond donors (Lipinski definition) is 1. The van der Waals surface area contributed by atoms with Crippen molar-refractivity contribution in [3.05, 3.63) is 36.0 Å². The van der Waals surface area contributed by atoms with Crippen LogP contribution in [-0.2, 0) is 11.2 Å². The summed E-state index contributed by atoms with van der Waals surface area (Å²) in [5, 5.41) is 1.17. The highest BCUT2D eigenvalue weighted by Gasteiger charge is 2.21. The molecule has 0 spiro atoms. The van der Waals surface area contributed by atoms with Gasteiger partial charge in [0.15, 0.2) is 0 Å². The van der Waals surface area contributed by atoms with E-state index in [1.165, 1.54) is 31.2 Å². The molecule has 1 saturated heterocycles. The van der Waals surface area contributed by atoms with Crippen molar-refractivity contribution in [1.82, 2.24) is 14.8 Å². The number of unbranched alkanes of at least 4 members (excludes halogenated alkanes) is 2. The Hall–Kier alpha value is -1.81. The molecule has 0 radical (unpaired) electrons. The number of nitrogens with zero attached hydrogens (tertiary/aromatic N) is 2. The molecule has 4 heteroatoms. The van der Waals surface area contributed by atoms with Gasteiger partial charge in [0, 0.05) is 43.3 Å². The maximum absolute atomic E-state index is 12.6. The first-order valence-corrected chi connectivity index (χ1v) is 8.83. The zero-order valence-corrected chi connectivity index (χ0v) is 14.1. The summed E-state index contributed by atoms with van der Waals surface area (Å²) in [5.41, 5.74) is 2.21. The fraction of sp³-hybridized carbons (Fsp3) is 0.526. The van der Waals surface area contributed by atoms with Gasteiger partial charge in [0.05, 0.1) is 6.42 Å². The minimum absolute atomic E-state index is 0.253. The number of nitrogens with one attached hydrogen (secondary N) is 1. The van der Waals surface area contributed by atoms with Gasteiger partial charge < -0.3 is 9.88 Å². The number of piperazine rings is 1. The minimum atomic E-state index is 0.253. The molecular formula is C19H27N3O. The summed E-state index contributed by atoms with van der Waals surface area (Å²) in [6, 6.07) is 8.18. The molecule has 1 aliphatic rings. The number of rotatable bonds is 6. The van der Waals surface area contributed by atoms with Gasteiger partial charge in [-0.3, -0.25) is 9.69 Å². The van der Waals surface area contributed by atoms with Crippen LogP contribution >= 0.6 is 0 Å². The van der Waals surface area contributed by atoms with Gasteiger partial charge in [-0.2, -0.15) is 0 Å². The second kappa shape index (κ2) is 7.64. The van der Waals surface area contributed by atoms with Crippen molar-refractivity contribution in [3.8, 4) is 0 Å². The monoisotopic (exact) mass is 313 g/mol. The van der Waals surface area contributed by atoms with Crippen molar-refractivity contribution in [2.75, 3.05) is 32.7 Å². The van der Waals surface area contributed by atoms with E-state index in [-0.39, 0.29) is 5.91 Å². The summed E-state index contributed by atoms with van der Waals surface area (Å²) in [7, 11) is 0. The summed E-state index contributed by atoms with van der Waals surface area (Å²) < 4.78 is 0. The highest BCUT2D eigenvalue weighted by atomic mass is 16.2. The molecule has 0 aliphatic carbocycles. The number of para-hydroxylation sites is 1. The predicted molar refractivity (Wildman–Crippen MR) is 94.5 cm³/mol. The lowest BCUT2D eigenvalue weighted by Gasteiger charge is -2.34. The molecule has 0 saturated carbocycles. The molecular weight excluding hydrogens is 286 g/mol. The number of carbonyl (C=O) groups is 1. The molecule has 1 fully saturated rings. The number of aromatic nitrogens is 1. The van der Waals surface area contributed by atoms with Crippen molar-refractivity contribution in [3.63, 3.8) is 0 Å². The van der Waals surface area contributed by atoms with Crippen LogP contribution in [0.3, 0.4) is 0 Å². The van der Waals surface area contributed by atoms with E-state index in [1.807, 2.05) is 23.2 Å². The summed E-state index contributed by atoms with van der Waals surface area (Å²) in [4.78, 5) is 20.3. The minimum Gasteiger partial charge on any atom is -0.361 e. The molecule has 3 rings (SSSR count). The lowest BCUT2D eigenvalue weighted by atomic mass is 10.1. The fourth-order valence-corrected chi connectivity index (χ4v) is 3.36. The number of H-pyrrole nitrogens is 1. The van der Waals surface area contributed by atoms with Gasteiger partial charge in [0.1, 0.15) is 0 Å². The first kappa shape index (κ1) is 16.1. The smallest absolute Gasteiger partial charge is 0.227 e. The Labute approximate surface area is 138 Å². The van der Waals surface area contributed by atoms with Crippen LogP contribution < -0.4 is 0 Å². The van der Waals surface area contributed by atoms with Gasteiger partial charge >= 0.3 is 0 Å². The number of benzene rings is 1.